The summed E-state index contributed by atoms with van der Waals surface area (Å²) in [5, 5.41) is 4.20. The first-order valence-corrected chi connectivity index (χ1v) is 9.70. The second-order valence-corrected chi connectivity index (χ2v) is 4.77. The summed E-state index contributed by atoms with van der Waals surface area (Å²) in [6.45, 7) is 18.1. The van der Waals surface area contributed by atoms with Crippen LogP contribution in [0.3, 0.4) is 0 Å². The van der Waals surface area contributed by atoms with Crippen LogP contribution in [0, 0.1) is 20.8 Å². The van der Waals surface area contributed by atoms with E-state index in [1.165, 1.54) is 16.7 Å². The highest BCUT2D eigenvalue weighted by atomic mass is 32.1. The van der Waals surface area contributed by atoms with E-state index >= 15 is 0 Å². The molecule has 0 amide bonds. The van der Waals surface area contributed by atoms with Crippen molar-refractivity contribution < 1.29 is 4.42 Å². The largest absolute Gasteiger partial charge is 0.472 e. The van der Waals surface area contributed by atoms with Crippen LogP contribution in [-0.4, -0.2) is 4.98 Å². The molecule has 0 aliphatic heterocycles. The molecule has 0 fully saturated rings. The molecule has 0 radical (unpaired) electrons. The molecular weight excluding hydrogens is 314 g/mol. The van der Waals surface area contributed by atoms with Crippen LogP contribution in [0.25, 0.3) is 0 Å². The quantitative estimate of drug-likeness (QED) is 0.436. The molecule has 0 aliphatic rings. The Labute approximate surface area is 154 Å². The molecule has 3 aromatic heterocycles. The van der Waals surface area contributed by atoms with E-state index in [0.29, 0.717) is 0 Å². The molecule has 138 valence electrons. The molecule has 0 aromatic carbocycles. The van der Waals surface area contributed by atoms with Crippen molar-refractivity contribution >= 4 is 11.3 Å². The average molecular weight is 352 g/mol. The summed E-state index contributed by atoms with van der Waals surface area (Å²) >= 11 is 1.74. The first-order chi connectivity index (χ1) is 11.7. The predicted molar refractivity (Wildman–Crippen MR) is 112 cm³/mol. The molecule has 3 heteroatoms. The highest BCUT2D eigenvalue weighted by Crippen LogP contribution is 2.01. The van der Waals surface area contributed by atoms with Crippen molar-refractivity contribution in [2.45, 2.75) is 62.3 Å². The van der Waals surface area contributed by atoms with Crippen molar-refractivity contribution in [1.29, 1.82) is 0 Å². The van der Waals surface area contributed by atoms with Gasteiger partial charge in [-0.2, -0.15) is 11.3 Å². The fourth-order valence-corrected chi connectivity index (χ4v) is 1.74. The van der Waals surface area contributed by atoms with Gasteiger partial charge in [0.2, 0.25) is 0 Å². The zero-order valence-corrected chi connectivity index (χ0v) is 17.8. The van der Waals surface area contributed by atoms with Crippen LogP contribution in [0.2, 0.25) is 0 Å². The lowest BCUT2D eigenvalue weighted by Gasteiger charge is -1.65. The Morgan fingerprint density at radius 1 is 0.792 bits per heavy atom. The molecule has 3 aromatic rings. The first kappa shape index (κ1) is 27.1. The summed E-state index contributed by atoms with van der Waals surface area (Å²) in [6.07, 6.45) is 7.24. The second kappa shape index (κ2) is 23.5. The highest BCUT2D eigenvalue weighted by molar-refractivity contribution is 7.07. The SMILES string of the molecule is CC.CC.CC.Cc1cc[nH]c1.Cc1ccoc1.Cc1ccsc1. The smallest absolute Gasteiger partial charge is 0.0931 e. The molecule has 2 nitrogen and oxygen atoms in total. The van der Waals surface area contributed by atoms with Crippen molar-refractivity contribution in [2.75, 3.05) is 0 Å². The van der Waals surface area contributed by atoms with Gasteiger partial charge in [0.1, 0.15) is 0 Å². The number of hydrogen-bond donors (Lipinski definition) is 1. The van der Waals surface area contributed by atoms with E-state index in [2.05, 4.69) is 35.7 Å². The van der Waals surface area contributed by atoms with Gasteiger partial charge in [-0.3, -0.25) is 0 Å². The van der Waals surface area contributed by atoms with Gasteiger partial charge in [-0.1, -0.05) is 41.5 Å². The molecule has 0 saturated carbocycles. The van der Waals surface area contributed by atoms with Gasteiger partial charge in [0.15, 0.2) is 0 Å². The van der Waals surface area contributed by atoms with E-state index in [-0.39, 0.29) is 0 Å². The summed E-state index contributed by atoms with van der Waals surface area (Å²) in [5.41, 5.74) is 3.82. The van der Waals surface area contributed by atoms with Crippen LogP contribution in [0.5, 0.6) is 0 Å². The zero-order chi connectivity index (χ0) is 19.2. The monoisotopic (exact) mass is 351 g/mol. The summed E-state index contributed by atoms with van der Waals surface area (Å²) in [7, 11) is 0. The van der Waals surface area contributed by atoms with Crippen molar-refractivity contribution in [3.8, 4) is 0 Å². The number of furan rings is 1. The molecule has 1 N–H and O–H groups in total. The van der Waals surface area contributed by atoms with Crippen LogP contribution in [0.1, 0.15) is 58.2 Å². The summed E-state index contributed by atoms with van der Waals surface area (Å²) in [6, 6.07) is 6.05. The van der Waals surface area contributed by atoms with E-state index in [1.807, 2.05) is 73.0 Å². The molecule has 24 heavy (non-hydrogen) atoms. The van der Waals surface area contributed by atoms with Crippen LogP contribution in [0.15, 0.2) is 58.3 Å². The highest BCUT2D eigenvalue weighted by Gasteiger charge is 1.76. The molecule has 0 aliphatic carbocycles. The van der Waals surface area contributed by atoms with Crippen LogP contribution in [-0.2, 0) is 0 Å². The number of aryl methyl sites for hydroxylation is 3. The van der Waals surface area contributed by atoms with Crippen LogP contribution < -0.4 is 0 Å². The van der Waals surface area contributed by atoms with Crippen LogP contribution in [0.4, 0.5) is 0 Å². The molecular formula is C21H37NOS. The number of aromatic nitrogens is 1. The third kappa shape index (κ3) is 20.3. The van der Waals surface area contributed by atoms with E-state index in [4.69, 9.17) is 4.42 Å². The summed E-state index contributed by atoms with van der Waals surface area (Å²) < 4.78 is 4.71. The molecule has 0 spiro atoms. The Balaban J connectivity index is -0.000000239. The molecule has 0 saturated heterocycles. The van der Waals surface area contributed by atoms with Crippen molar-refractivity contribution in [3.05, 3.63) is 70.6 Å². The van der Waals surface area contributed by atoms with Gasteiger partial charge in [-0.15, -0.1) is 0 Å². The number of aromatic amines is 1. The van der Waals surface area contributed by atoms with Gasteiger partial charge in [0, 0.05) is 12.4 Å². The van der Waals surface area contributed by atoms with Crippen molar-refractivity contribution in [2.24, 2.45) is 0 Å². The number of H-pyrrole nitrogens is 1. The maximum Gasteiger partial charge on any atom is 0.0931 e. The number of nitrogens with one attached hydrogen (secondary N) is 1. The van der Waals surface area contributed by atoms with Gasteiger partial charge in [-0.25, -0.2) is 0 Å². The maximum absolute atomic E-state index is 4.71. The van der Waals surface area contributed by atoms with Crippen molar-refractivity contribution in [1.82, 2.24) is 4.98 Å². The number of rotatable bonds is 0. The fourth-order valence-electron chi connectivity index (χ4n) is 1.07. The van der Waals surface area contributed by atoms with Gasteiger partial charge >= 0.3 is 0 Å². The lowest BCUT2D eigenvalue weighted by atomic mass is 10.4. The lowest BCUT2D eigenvalue weighted by Crippen LogP contribution is -1.50. The molecule has 0 unspecified atom stereocenters. The lowest BCUT2D eigenvalue weighted by molar-refractivity contribution is 0.565. The Morgan fingerprint density at radius 2 is 1.42 bits per heavy atom. The van der Waals surface area contributed by atoms with Crippen LogP contribution >= 0.6 is 11.3 Å². The minimum Gasteiger partial charge on any atom is -0.472 e. The molecule has 0 bridgehead atoms. The zero-order valence-electron chi connectivity index (χ0n) is 17.0. The third-order valence-corrected chi connectivity index (χ3v) is 2.88. The summed E-state index contributed by atoms with van der Waals surface area (Å²) in [4.78, 5) is 2.93. The van der Waals surface area contributed by atoms with Gasteiger partial charge in [0.05, 0.1) is 12.5 Å². The number of thiophene rings is 1. The summed E-state index contributed by atoms with van der Waals surface area (Å²) in [5.74, 6) is 0. The second-order valence-electron chi connectivity index (χ2n) is 3.99. The minimum absolute atomic E-state index is 1.18. The normalized spacial score (nSPS) is 7.38. The standard InChI is InChI=1S/C5H7N.C5H6O.C5H6S.3C2H6/c3*1-5-2-3-6-4-5;3*1-2/h2-4,6H,1H3;2*2-4H,1H3;3*1-2H3. The van der Waals surface area contributed by atoms with Gasteiger partial charge < -0.3 is 9.40 Å². The first-order valence-electron chi connectivity index (χ1n) is 8.75. The molecule has 0 atom stereocenters. The molecule has 3 rings (SSSR count). The Hall–Kier alpha value is -1.74. The van der Waals surface area contributed by atoms with E-state index in [9.17, 15) is 0 Å². The fraction of sp³-hybridized carbons (Fsp3) is 0.429. The minimum atomic E-state index is 1.18. The van der Waals surface area contributed by atoms with E-state index in [0.717, 1.165) is 0 Å². The molecule has 3 heterocycles. The number of hydrogen-bond acceptors (Lipinski definition) is 2. The predicted octanol–water partition coefficient (Wildman–Crippen LogP) is 8.05. The van der Waals surface area contributed by atoms with Gasteiger partial charge in [-0.05, 0) is 66.4 Å². The third-order valence-electron chi connectivity index (χ3n) is 2.08. The maximum atomic E-state index is 4.71. The van der Waals surface area contributed by atoms with E-state index < -0.39 is 0 Å². The Bertz CT molecular complexity index is 405. The van der Waals surface area contributed by atoms with Gasteiger partial charge in [0.25, 0.3) is 0 Å². The Kier molecular flexibility index (Phi) is 26.6. The topological polar surface area (TPSA) is 28.9 Å². The average Bonchev–Trinajstić information content (AvgIpc) is 3.40. The Morgan fingerprint density at radius 3 is 1.54 bits per heavy atom. The van der Waals surface area contributed by atoms with E-state index in [1.54, 1.807) is 23.9 Å². The van der Waals surface area contributed by atoms with Crippen molar-refractivity contribution in [3.63, 3.8) is 0 Å².